The summed E-state index contributed by atoms with van der Waals surface area (Å²) in [4.78, 5) is 26.9. The van der Waals surface area contributed by atoms with E-state index in [1.807, 2.05) is 31.2 Å². The molecule has 2 aromatic carbocycles. The predicted octanol–water partition coefficient (Wildman–Crippen LogP) is 5.00. The van der Waals surface area contributed by atoms with Gasteiger partial charge in [0.25, 0.3) is 0 Å². The maximum Gasteiger partial charge on any atom is 0.573 e. The number of nitrogens with one attached hydrogen (secondary N) is 1. The fourth-order valence-corrected chi connectivity index (χ4v) is 4.42. The molecule has 33 heavy (non-hydrogen) atoms. The van der Waals surface area contributed by atoms with Gasteiger partial charge in [0.15, 0.2) is 0 Å². The highest BCUT2D eigenvalue weighted by molar-refractivity contribution is 5.96. The van der Waals surface area contributed by atoms with Gasteiger partial charge >= 0.3 is 12.5 Å². The van der Waals surface area contributed by atoms with Crippen LogP contribution in [-0.2, 0) is 9.53 Å². The molecule has 0 radical (unpaired) electrons. The first kappa shape index (κ1) is 22.8. The first-order valence-electron chi connectivity index (χ1n) is 10.6. The molecule has 7 nitrogen and oxygen atoms in total. The summed E-state index contributed by atoms with van der Waals surface area (Å²) < 4.78 is 47.1. The number of amides is 2. The van der Waals surface area contributed by atoms with Crippen molar-refractivity contribution < 1.29 is 32.2 Å². The van der Waals surface area contributed by atoms with Crippen LogP contribution < -0.4 is 20.7 Å². The first-order chi connectivity index (χ1) is 15.6. The van der Waals surface area contributed by atoms with E-state index in [1.165, 1.54) is 6.07 Å². The number of halogens is 3. The van der Waals surface area contributed by atoms with E-state index >= 15 is 0 Å². The number of ether oxygens (including phenoxy) is 2. The zero-order chi connectivity index (χ0) is 23.8. The number of para-hydroxylation sites is 1. The summed E-state index contributed by atoms with van der Waals surface area (Å²) in [6, 6.07) is 10.9. The number of anilines is 3. The van der Waals surface area contributed by atoms with Gasteiger partial charge in [0, 0.05) is 12.0 Å². The van der Waals surface area contributed by atoms with Crippen LogP contribution in [0.5, 0.6) is 5.75 Å². The lowest BCUT2D eigenvalue weighted by atomic mass is 9.78. The summed E-state index contributed by atoms with van der Waals surface area (Å²) >= 11 is 0. The molecule has 1 saturated heterocycles. The SMILES string of the molecule is Cc1ccccc1N1C[C@]2(CC[C@@H](C(=O)Nc3cc(OC(F)(F)F)ccc3N)CC2)OC1=O. The molecule has 1 spiro atoms. The molecule has 2 aromatic rings. The van der Waals surface area contributed by atoms with E-state index in [9.17, 15) is 22.8 Å². The smallest absolute Gasteiger partial charge is 0.441 e. The molecule has 0 unspecified atom stereocenters. The zero-order valence-electron chi connectivity index (χ0n) is 17.9. The van der Waals surface area contributed by atoms with Crippen molar-refractivity contribution in [3.8, 4) is 5.75 Å². The van der Waals surface area contributed by atoms with E-state index < -0.39 is 23.8 Å². The lowest BCUT2D eigenvalue weighted by Gasteiger charge is -2.34. The van der Waals surface area contributed by atoms with Gasteiger partial charge in [-0.2, -0.15) is 0 Å². The number of carbonyl (C=O) groups excluding carboxylic acids is 2. The molecule has 3 N–H and O–H groups in total. The molecule has 1 aliphatic carbocycles. The van der Waals surface area contributed by atoms with Gasteiger partial charge < -0.3 is 20.5 Å². The van der Waals surface area contributed by atoms with Gasteiger partial charge in [0.1, 0.15) is 11.4 Å². The summed E-state index contributed by atoms with van der Waals surface area (Å²) in [6.45, 7) is 2.34. The minimum atomic E-state index is -4.85. The highest BCUT2D eigenvalue weighted by atomic mass is 19.4. The fraction of sp³-hybridized carbons (Fsp3) is 0.391. The number of nitrogen functional groups attached to an aromatic ring is 1. The van der Waals surface area contributed by atoms with Gasteiger partial charge in [-0.05, 0) is 56.4 Å². The quantitative estimate of drug-likeness (QED) is 0.623. The number of carbonyl (C=O) groups is 2. The molecule has 0 bridgehead atoms. The third-order valence-electron chi connectivity index (χ3n) is 6.16. The van der Waals surface area contributed by atoms with E-state index in [2.05, 4.69) is 10.1 Å². The van der Waals surface area contributed by atoms with Gasteiger partial charge in [-0.15, -0.1) is 13.2 Å². The van der Waals surface area contributed by atoms with E-state index in [-0.39, 0.29) is 23.2 Å². The molecule has 2 amide bonds. The van der Waals surface area contributed by atoms with Crippen molar-refractivity contribution in [2.45, 2.75) is 44.6 Å². The second kappa shape index (κ2) is 8.49. The van der Waals surface area contributed by atoms with Crippen LogP contribution in [0.15, 0.2) is 42.5 Å². The molecule has 1 aliphatic heterocycles. The molecule has 1 heterocycles. The standard InChI is InChI=1S/C23H24F3N3O4/c1-14-4-2-3-5-19(14)29-13-22(33-21(29)31)10-8-15(9-11-22)20(30)28-18-12-16(6-7-17(18)27)32-23(24,25)26/h2-7,12,15H,8-11,13,27H2,1H3,(H,28,30)/t15-,22-. The molecular formula is C23H24F3N3O4. The largest absolute Gasteiger partial charge is 0.573 e. The number of nitrogens with zero attached hydrogens (tertiary/aromatic N) is 1. The topological polar surface area (TPSA) is 93.9 Å². The van der Waals surface area contributed by atoms with Crippen molar-refractivity contribution in [1.82, 2.24) is 0 Å². The number of hydrogen-bond donors (Lipinski definition) is 2. The maximum atomic E-state index is 12.8. The highest BCUT2D eigenvalue weighted by Gasteiger charge is 2.48. The summed E-state index contributed by atoms with van der Waals surface area (Å²) in [6.07, 6.45) is -3.29. The Bertz CT molecular complexity index is 1070. The molecule has 176 valence electrons. The summed E-state index contributed by atoms with van der Waals surface area (Å²) in [5.41, 5.74) is 7.10. The number of rotatable bonds is 4. The lowest BCUT2D eigenvalue weighted by molar-refractivity contribution is -0.274. The molecule has 10 heteroatoms. The van der Waals surface area contributed by atoms with Crippen LogP contribution in [0.4, 0.5) is 35.0 Å². The number of aryl methyl sites for hydroxylation is 1. The van der Waals surface area contributed by atoms with Crippen molar-refractivity contribution >= 4 is 29.1 Å². The van der Waals surface area contributed by atoms with E-state index in [4.69, 9.17) is 10.5 Å². The summed E-state index contributed by atoms with van der Waals surface area (Å²) in [5.74, 6) is -1.20. The zero-order valence-corrected chi connectivity index (χ0v) is 17.9. The minimum absolute atomic E-state index is 0.0556. The Morgan fingerprint density at radius 2 is 1.91 bits per heavy atom. The number of hydrogen-bond acceptors (Lipinski definition) is 5. The molecule has 4 rings (SSSR count). The molecule has 2 fully saturated rings. The van der Waals surface area contributed by atoms with Gasteiger partial charge in [-0.3, -0.25) is 9.69 Å². The van der Waals surface area contributed by atoms with Crippen molar-refractivity contribution in [3.05, 3.63) is 48.0 Å². The fourth-order valence-electron chi connectivity index (χ4n) is 4.42. The molecule has 2 aliphatic rings. The Kier molecular flexibility index (Phi) is 5.85. The Hall–Kier alpha value is -3.43. The van der Waals surface area contributed by atoms with Crippen LogP contribution >= 0.6 is 0 Å². The van der Waals surface area contributed by atoms with Crippen LogP contribution in [0, 0.1) is 12.8 Å². The number of alkyl halides is 3. The third kappa shape index (κ3) is 4.99. The van der Waals surface area contributed by atoms with Gasteiger partial charge in [0.2, 0.25) is 5.91 Å². The Morgan fingerprint density at radius 3 is 2.58 bits per heavy atom. The third-order valence-corrected chi connectivity index (χ3v) is 6.16. The van der Waals surface area contributed by atoms with Crippen molar-refractivity contribution in [1.29, 1.82) is 0 Å². The van der Waals surface area contributed by atoms with Crippen LogP contribution in [0.1, 0.15) is 31.2 Å². The summed E-state index contributed by atoms with van der Waals surface area (Å²) in [7, 11) is 0. The molecule has 0 atom stereocenters. The van der Waals surface area contributed by atoms with Gasteiger partial charge in [0.05, 0.1) is 23.6 Å². The molecule has 0 aromatic heterocycles. The lowest BCUT2D eigenvalue weighted by Crippen LogP contribution is -2.41. The second-order valence-electron chi connectivity index (χ2n) is 8.48. The van der Waals surface area contributed by atoms with E-state index in [0.29, 0.717) is 32.2 Å². The summed E-state index contributed by atoms with van der Waals surface area (Å²) in [5, 5.41) is 2.61. The van der Waals surface area contributed by atoms with Crippen molar-refractivity contribution in [2.75, 3.05) is 22.5 Å². The average Bonchev–Trinajstić information content (AvgIpc) is 3.05. The number of benzene rings is 2. The monoisotopic (exact) mass is 463 g/mol. The van der Waals surface area contributed by atoms with E-state index in [1.54, 1.807) is 4.90 Å². The maximum absolute atomic E-state index is 12.8. The van der Waals surface area contributed by atoms with Crippen LogP contribution in [0.2, 0.25) is 0 Å². The Labute approximate surface area is 188 Å². The number of nitrogens with two attached hydrogens (primary N) is 1. The molecular weight excluding hydrogens is 439 g/mol. The van der Waals surface area contributed by atoms with E-state index in [0.717, 1.165) is 23.4 Å². The normalized spacial score (nSPS) is 22.8. The van der Waals surface area contributed by atoms with Crippen LogP contribution in [0.25, 0.3) is 0 Å². The van der Waals surface area contributed by atoms with Crippen LogP contribution in [-0.4, -0.2) is 30.5 Å². The average molecular weight is 463 g/mol. The van der Waals surface area contributed by atoms with Crippen molar-refractivity contribution in [3.63, 3.8) is 0 Å². The Balaban J connectivity index is 1.39. The molecule has 1 saturated carbocycles. The second-order valence-corrected chi connectivity index (χ2v) is 8.48. The first-order valence-corrected chi connectivity index (χ1v) is 10.6. The van der Waals surface area contributed by atoms with Gasteiger partial charge in [-0.1, -0.05) is 18.2 Å². The van der Waals surface area contributed by atoms with Gasteiger partial charge in [-0.25, -0.2) is 4.79 Å². The van der Waals surface area contributed by atoms with Crippen molar-refractivity contribution in [2.24, 2.45) is 5.92 Å². The predicted molar refractivity (Wildman–Crippen MR) is 116 cm³/mol. The minimum Gasteiger partial charge on any atom is -0.441 e. The highest BCUT2D eigenvalue weighted by Crippen LogP contribution is 2.42. The Morgan fingerprint density at radius 1 is 1.21 bits per heavy atom. The van der Waals surface area contributed by atoms with Crippen LogP contribution in [0.3, 0.4) is 0 Å².